The second-order valence-electron chi connectivity index (χ2n) is 5.80. The van der Waals surface area contributed by atoms with E-state index in [2.05, 4.69) is 31.8 Å². The molecule has 0 aliphatic carbocycles. The maximum atomic E-state index is 12.1. The number of aryl methyl sites for hydroxylation is 2. The molecule has 1 aromatic carbocycles. The third-order valence-electron chi connectivity index (χ3n) is 3.09. The summed E-state index contributed by atoms with van der Waals surface area (Å²) in [6.45, 7) is 10.4. The number of fused-ring (bicyclic) bond motifs is 1. The molecule has 0 aliphatic heterocycles. The van der Waals surface area contributed by atoms with Crippen molar-refractivity contribution in [3.63, 3.8) is 0 Å². The summed E-state index contributed by atoms with van der Waals surface area (Å²) in [4.78, 5) is 15.5. The first-order valence-corrected chi connectivity index (χ1v) is 5.94. The molecule has 0 amide bonds. The molecule has 0 saturated carbocycles. The van der Waals surface area contributed by atoms with Crippen molar-refractivity contribution in [2.45, 2.75) is 40.0 Å². The molecule has 2 rings (SSSR count). The van der Waals surface area contributed by atoms with Gasteiger partial charge in [-0.3, -0.25) is 4.79 Å². The second kappa shape index (κ2) is 3.73. The Hall–Kier alpha value is -1.57. The standard InChI is InChI=1S/C15H19NO/c1-9-6-10(2)14-11(7-9)12(17)8-13(16-14)15(3,4)5/h6-8H,1-5H3,(H,16,17). The lowest BCUT2D eigenvalue weighted by Gasteiger charge is -2.19. The van der Waals surface area contributed by atoms with E-state index in [1.54, 1.807) is 6.07 Å². The van der Waals surface area contributed by atoms with E-state index in [1.165, 1.54) is 0 Å². The van der Waals surface area contributed by atoms with E-state index < -0.39 is 0 Å². The van der Waals surface area contributed by atoms with Gasteiger partial charge in [-0.2, -0.15) is 0 Å². The van der Waals surface area contributed by atoms with E-state index in [0.29, 0.717) is 0 Å². The van der Waals surface area contributed by atoms with Crippen molar-refractivity contribution in [2.75, 3.05) is 0 Å². The summed E-state index contributed by atoms with van der Waals surface area (Å²) in [6.07, 6.45) is 0. The molecule has 90 valence electrons. The Morgan fingerprint density at radius 3 is 2.29 bits per heavy atom. The Morgan fingerprint density at radius 2 is 1.71 bits per heavy atom. The van der Waals surface area contributed by atoms with Crippen LogP contribution >= 0.6 is 0 Å². The fourth-order valence-electron chi connectivity index (χ4n) is 2.11. The van der Waals surface area contributed by atoms with Crippen molar-refractivity contribution in [1.82, 2.24) is 4.98 Å². The fraction of sp³-hybridized carbons (Fsp3) is 0.400. The zero-order chi connectivity index (χ0) is 12.8. The number of nitrogens with one attached hydrogen (secondary N) is 1. The van der Waals surface area contributed by atoms with Crippen LogP contribution in [0.5, 0.6) is 0 Å². The van der Waals surface area contributed by atoms with Gasteiger partial charge in [0.05, 0.1) is 5.52 Å². The Kier molecular flexibility index (Phi) is 2.61. The van der Waals surface area contributed by atoms with Crippen LogP contribution < -0.4 is 5.43 Å². The van der Waals surface area contributed by atoms with Gasteiger partial charge < -0.3 is 4.98 Å². The smallest absolute Gasteiger partial charge is 0.189 e. The van der Waals surface area contributed by atoms with Crippen LogP contribution in [0.4, 0.5) is 0 Å². The van der Waals surface area contributed by atoms with Crippen LogP contribution in [0, 0.1) is 13.8 Å². The van der Waals surface area contributed by atoms with Gasteiger partial charge in [0, 0.05) is 22.6 Å². The normalized spacial score (nSPS) is 12.1. The third-order valence-corrected chi connectivity index (χ3v) is 3.09. The number of pyridine rings is 1. The van der Waals surface area contributed by atoms with Crippen LogP contribution in [0.3, 0.4) is 0 Å². The van der Waals surface area contributed by atoms with E-state index in [-0.39, 0.29) is 10.8 Å². The van der Waals surface area contributed by atoms with Gasteiger partial charge in [0.1, 0.15) is 0 Å². The number of hydrogen-bond donors (Lipinski definition) is 1. The average molecular weight is 229 g/mol. The molecule has 0 bridgehead atoms. The van der Waals surface area contributed by atoms with E-state index >= 15 is 0 Å². The van der Waals surface area contributed by atoms with Crippen molar-refractivity contribution >= 4 is 10.9 Å². The van der Waals surface area contributed by atoms with Crippen molar-refractivity contribution in [2.24, 2.45) is 0 Å². The van der Waals surface area contributed by atoms with Gasteiger partial charge >= 0.3 is 0 Å². The molecule has 1 heterocycles. The van der Waals surface area contributed by atoms with Gasteiger partial charge in [0.25, 0.3) is 0 Å². The van der Waals surface area contributed by atoms with Gasteiger partial charge in [-0.05, 0) is 31.0 Å². The quantitative estimate of drug-likeness (QED) is 0.737. The van der Waals surface area contributed by atoms with E-state index in [9.17, 15) is 4.79 Å². The monoisotopic (exact) mass is 229 g/mol. The first kappa shape index (κ1) is 11.9. The summed E-state index contributed by atoms with van der Waals surface area (Å²) in [7, 11) is 0. The number of benzene rings is 1. The molecule has 0 unspecified atom stereocenters. The van der Waals surface area contributed by atoms with Crippen molar-refractivity contribution < 1.29 is 0 Å². The highest BCUT2D eigenvalue weighted by atomic mass is 16.1. The van der Waals surface area contributed by atoms with Crippen LogP contribution in [-0.4, -0.2) is 4.98 Å². The summed E-state index contributed by atoms with van der Waals surface area (Å²) in [5.41, 5.74) is 4.28. The predicted molar refractivity (Wildman–Crippen MR) is 72.7 cm³/mol. The first-order valence-electron chi connectivity index (χ1n) is 5.94. The van der Waals surface area contributed by atoms with Crippen molar-refractivity contribution in [3.05, 3.63) is 45.2 Å². The van der Waals surface area contributed by atoms with Gasteiger partial charge in [0.2, 0.25) is 0 Å². The molecule has 1 aromatic heterocycles. The number of H-pyrrole nitrogens is 1. The third kappa shape index (κ3) is 2.12. The molecule has 17 heavy (non-hydrogen) atoms. The van der Waals surface area contributed by atoms with Gasteiger partial charge in [-0.25, -0.2) is 0 Å². The van der Waals surface area contributed by atoms with Crippen LogP contribution in [0.25, 0.3) is 10.9 Å². The first-order chi connectivity index (χ1) is 7.79. The maximum Gasteiger partial charge on any atom is 0.189 e. The zero-order valence-corrected chi connectivity index (χ0v) is 11.1. The molecule has 2 aromatic rings. The molecule has 0 fully saturated rings. The van der Waals surface area contributed by atoms with Crippen molar-refractivity contribution in [1.29, 1.82) is 0 Å². The largest absolute Gasteiger partial charge is 0.358 e. The molecule has 0 aliphatic rings. The average Bonchev–Trinajstić information content (AvgIpc) is 2.17. The number of rotatable bonds is 0. The fourth-order valence-corrected chi connectivity index (χ4v) is 2.11. The Morgan fingerprint density at radius 1 is 1.06 bits per heavy atom. The lowest BCUT2D eigenvalue weighted by atomic mass is 9.91. The number of hydrogen-bond acceptors (Lipinski definition) is 1. The number of aromatic amines is 1. The summed E-state index contributed by atoms with van der Waals surface area (Å²) in [5, 5.41) is 0.788. The highest BCUT2D eigenvalue weighted by Gasteiger charge is 2.16. The molecule has 0 atom stereocenters. The molecular formula is C15H19NO. The number of aromatic nitrogens is 1. The zero-order valence-electron chi connectivity index (χ0n) is 11.1. The van der Waals surface area contributed by atoms with E-state index in [0.717, 1.165) is 27.7 Å². The summed E-state index contributed by atoms with van der Waals surface area (Å²) < 4.78 is 0. The predicted octanol–water partition coefficient (Wildman–Crippen LogP) is 3.44. The van der Waals surface area contributed by atoms with Gasteiger partial charge in [-0.15, -0.1) is 0 Å². The minimum absolute atomic E-state index is 0.0370. The topological polar surface area (TPSA) is 32.9 Å². The second-order valence-corrected chi connectivity index (χ2v) is 5.80. The van der Waals surface area contributed by atoms with Crippen LogP contribution in [0.15, 0.2) is 23.0 Å². The van der Waals surface area contributed by atoms with Crippen LogP contribution in [0.1, 0.15) is 37.6 Å². The van der Waals surface area contributed by atoms with Gasteiger partial charge in [-0.1, -0.05) is 26.8 Å². The van der Waals surface area contributed by atoms with E-state index in [1.807, 2.05) is 19.9 Å². The summed E-state index contributed by atoms with van der Waals surface area (Å²) >= 11 is 0. The van der Waals surface area contributed by atoms with Crippen molar-refractivity contribution in [3.8, 4) is 0 Å². The lowest BCUT2D eigenvalue weighted by molar-refractivity contribution is 0.571. The van der Waals surface area contributed by atoms with Gasteiger partial charge in [0.15, 0.2) is 5.43 Å². The molecule has 0 radical (unpaired) electrons. The molecule has 0 saturated heterocycles. The minimum Gasteiger partial charge on any atom is -0.358 e. The SMILES string of the molecule is Cc1cc(C)c2[nH]c(C(C)(C)C)cc(=O)c2c1. The highest BCUT2D eigenvalue weighted by Crippen LogP contribution is 2.22. The molecule has 2 nitrogen and oxygen atoms in total. The summed E-state index contributed by atoms with van der Waals surface area (Å²) in [6, 6.07) is 5.78. The lowest BCUT2D eigenvalue weighted by Crippen LogP contribution is -2.18. The maximum absolute atomic E-state index is 12.1. The summed E-state index contributed by atoms with van der Waals surface area (Å²) in [5.74, 6) is 0. The minimum atomic E-state index is -0.0370. The van der Waals surface area contributed by atoms with Crippen LogP contribution in [-0.2, 0) is 5.41 Å². The molecule has 1 N–H and O–H groups in total. The molecule has 0 spiro atoms. The highest BCUT2D eigenvalue weighted by molar-refractivity contribution is 5.82. The molecule has 2 heteroatoms. The van der Waals surface area contributed by atoms with E-state index in [4.69, 9.17) is 0 Å². The Balaban J connectivity index is 2.88. The molecular weight excluding hydrogens is 210 g/mol. The Labute approximate surface area is 102 Å². The van der Waals surface area contributed by atoms with Crippen LogP contribution in [0.2, 0.25) is 0 Å². The Bertz CT molecular complexity index is 630.